The Morgan fingerprint density at radius 1 is 1.26 bits per heavy atom. The van der Waals surface area contributed by atoms with Crippen molar-refractivity contribution in [3.8, 4) is 0 Å². The predicted octanol–water partition coefficient (Wildman–Crippen LogP) is 1.50. The Labute approximate surface area is 136 Å². The van der Waals surface area contributed by atoms with Crippen LogP contribution < -0.4 is 0 Å². The average Bonchev–Trinajstić information content (AvgIpc) is 3.23. The Morgan fingerprint density at radius 2 is 2.04 bits per heavy atom. The van der Waals surface area contributed by atoms with Crippen molar-refractivity contribution in [3.05, 3.63) is 17.0 Å². The van der Waals surface area contributed by atoms with Crippen molar-refractivity contribution in [3.63, 3.8) is 0 Å². The number of carbonyl (C=O) groups excluding carboxylic acids is 1. The predicted molar refractivity (Wildman–Crippen MR) is 83.8 cm³/mol. The minimum absolute atomic E-state index is 0.0438. The van der Waals surface area contributed by atoms with Crippen molar-refractivity contribution in [2.45, 2.75) is 51.9 Å². The molecule has 3 saturated heterocycles. The lowest BCUT2D eigenvalue weighted by Gasteiger charge is -2.33. The zero-order chi connectivity index (χ0) is 16.0. The number of likely N-dealkylation sites (tertiary alicyclic amines) is 2. The van der Waals surface area contributed by atoms with E-state index in [0.29, 0.717) is 5.91 Å². The molecule has 4 rings (SSSR count). The zero-order valence-electron chi connectivity index (χ0n) is 14.0. The van der Waals surface area contributed by atoms with E-state index in [2.05, 4.69) is 10.1 Å². The highest BCUT2D eigenvalue weighted by atomic mass is 16.5. The van der Waals surface area contributed by atoms with Crippen LogP contribution in [0, 0.1) is 19.8 Å². The molecule has 1 amide bonds. The van der Waals surface area contributed by atoms with Gasteiger partial charge in [0.05, 0.1) is 23.8 Å². The number of aryl methyl sites for hydroxylation is 2. The van der Waals surface area contributed by atoms with Crippen LogP contribution in [0.15, 0.2) is 4.52 Å². The first-order valence-electron chi connectivity index (χ1n) is 8.70. The van der Waals surface area contributed by atoms with Gasteiger partial charge in [0.2, 0.25) is 5.91 Å². The number of amides is 1. The Hall–Kier alpha value is -1.40. The van der Waals surface area contributed by atoms with Crippen molar-refractivity contribution in [1.82, 2.24) is 15.0 Å². The minimum Gasteiger partial charge on any atom is -0.371 e. The fraction of sp³-hybridized carbons (Fsp3) is 0.765. The second-order valence-corrected chi connectivity index (χ2v) is 7.17. The van der Waals surface area contributed by atoms with Gasteiger partial charge in [-0.3, -0.25) is 9.69 Å². The lowest BCUT2D eigenvalue weighted by molar-refractivity contribution is -0.137. The summed E-state index contributed by atoms with van der Waals surface area (Å²) >= 11 is 0. The largest absolute Gasteiger partial charge is 0.371 e. The number of carbonyl (C=O) groups is 1. The summed E-state index contributed by atoms with van der Waals surface area (Å²) in [5, 5.41) is 4.04. The van der Waals surface area contributed by atoms with Crippen LogP contribution in [0.1, 0.15) is 36.3 Å². The summed E-state index contributed by atoms with van der Waals surface area (Å²) < 4.78 is 11.3. The number of fused-ring (bicyclic) bond motifs is 2. The molecule has 0 aromatic carbocycles. The summed E-state index contributed by atoms with van der Waals surface area (Å²) in [7, 11) is 0. The molecule has 3 aliphatic heterocycles. The molecule has 0 unspecified atom stereocenters. The van der Waals surface area contributed by atoms with E-state index in [1.165, 1.54) is 5.56 Å². The molecule has 1 aromatic heterocycles. The van der Waals surface area contributed by atoms with Crippen molar-refractivity contribution < 1.29 is 14.1 Å². The maximum Gasteiger partial charge on any atom is 0.228 e. The monoisotopic (exact) mass is 319 g/mol. The van der Waals surface area contributed by atoms with E-state index >= 15 is 0 Å². The van der Waals surface area contributed by atoms with E-state index in [0.717, 1.165) is 63.4 Å². The Balaban J connectivity index is 1.43. The number of nitrogens with zero attached hydrogens (tertiary/aromatic N) is 3. The standard InChI is InChI=1S/C17H25N3O3/c1-11-15(12(2)23-18-11)9-19-8-13-7-14(16(10-19)22-13)17(21)20-5-3-4-6-20/h13-14,16H,3-10H2,1-2H3/t13-,14+,16-/m1/s1. The van der Waals surface area contributed by atoms with E-state index in [-0.39, 0.29) is 18.1 Å². The Morgan fingerprint density at radius 3 is 2.74 bits per heavy atom. The second-order valence-electron chi connectivity index (χ2n) is 7.17. The topological polar surface area (TPSA) is 58.8 Å². The Bertz CT molecular complexity index is 574. The zero-order valence-corrected chi connectivity index (χ0v) is 14.0. The molecule has 0 saturated carbocycles. The van der Waals surface area contributed by atoms with Gasteiger partial charge in [-0.25, -0.2) is 0 Å². The van der Waals surface area contributed by atoms with Gasteiger partial charge in [-0.15, -0.1) is 0 Å². The fourth-order valence-corrected chi connectivity index (χ4v) is 4.25. The highest BCUT2D eigenvalue weighted by Crippen LogP contribution is 2.34. The molecule has 6 heteroatoms. The third-order valence-corrected chi connectivity index (χ3v) is 5.53. The van der Waals surface area contributed by atoms with Gasteiger partial charge in [-0.05, 0) is 33.1 Å². The van der Waals surface area contributed by atoms with Gasteiger partial charge in [0.15, 0.2) is 0 Å². The molecule has 0 radical (unpaired) electrons. The molecule has 4 heterocycles. The van der Waals surface area contributed by atoms with Crippen LogP contribution in [0.4, 0.5) is 0 Å². The van der Waals surface area contributed by atoms with E-state index in [4.69, 9.17) is 9.26 Å². The highest BCUT2D eigenvalue weighted by Gasteiger charge is 2.46. The molecule has 2 bridgehead atoms. The van der Waals surface area contributed by atoms with Crippen molar-refractivity contribution in [1.29, 1.82) is 0 Å². The molecule has 126 valence electrons. The van der Waals surface area contributed by atoms with Crippen LogP contribution in [0.5, 0.6) is 0 Å². The molecular formula is C17H25N3O3. The normalized spacial score (nSPS) is 31.0. The Kier molecular flexibility index (Phi) is 3.89. The van der Waals surface area contributed by atoms with Crippen LogP contribution in [0.2, 0.25) is 0 Å². The van der Waals surface area contributed by atoms with Crippen molar-refractivity contribution in [2.24, 2.45) is 5.92 Å². The number of morpholine rings is 1. The molecule has 3 atom stereocenters. The second kappa shape index (κ2) is 5.91. The molecule has 3 aliphatic rings. The van der Waals surface area contributed by atoms with E-state index in [9.17, 15) is 4.79 Å². The molecule has 3 fully saturated rings. The number of aromatic nitrogens is 1. The third kappa shape index (κ3) is 2.78. The SMILES string of the molecule is Cc1noc(C)c1CN1C[C@H]2C[C@H](C(=O)N3CCCC3)[C@@H](C1)O2. The van der Waals surface area contributed by atoms with Gasteiger partial charge in [-0.1, -0.05) is 5.16 Å². The molecule has 23 heavy (non-hydrogen) atoms. The number of hydrogen-bond donors (Lipinski definition) is 0. The van der Waals surface area contributed by atoms with Gasteiger partial charge in [0.25, 0.3) is 0 Å². The summed E-state index contributed by atoms with van der Waals surface area (Å²) in [4.78, 5) is 17.2. The van der Waals surface area contributed by atoms with Gasteiger partial charge in [0, 0.05) is 38.3 Å². The molecular weight excluding hydrogens is 294 g/mol. The number of rotatable bonds is 3. The smallest absolute Gasteiger partial charge is 0.228 e. The fourth-order valence-electron chi connectivity index (χ4n) is 4.25. The summed E-state index contributed by atoms with van der Waals surface area (Å²) in [6.07, 6.45) is 3.39. The first-order valence-corrected chi connectivity index (χ1v) is 8.70. The maximum absolute atomic E-state index is 12.7. The average molecular weight is 319 g/mol. The van der Waals surface area contributed by atoms with Gasteiger partial charge in [0.1, 0.15) is 5.76 Å². The molecule has 0 N–H and O–H groups in total. The first-order chi connectivity index (χ1) is 11.1. The summed E-state index contributed by atoms with van der Waals surface area (Å²) in [5.41, 5.74) is 2.14. The quantitative estimate of drug-likeness (QED) is 0.845. The van der Waals surface area contributed by atoms with Crippen LogP contribution in [0.3, 0.4) is 0 Å². The lowest BCUT2D eigenvalue weighted by atomic mass is 9.99. The van der Waals surface area contributed by atoms with Gasteiger partial charge in [-0.2, -0.15) is 0 Å². The summed E-state index contributed by atoms with van der Waals surface area (Å²) in [6.45, 7) is 8.35. The molecule has 6 nitrogen and oxygen atoms in total. The van der Waals surface area contributed by atoms with Gasteiger partial charge < -0.3 is 14.2 Å². The van der Waals surface area contributed by atoms with Gasteiger partial charge >= 0.3 is 0 Å². The number of hydrogen-bond acceptors (Lipinski definition) is 5. The first kappa shape index (κ1) is 15.1. The third-order valence-electron chi connectivity index (χ3n) is 5.53. The highest BCUT2D eigenvalue weighted by molar-refractivity contribution is 5.80. The maximum atomic E-state index is 12.7. The minimum atomic E-state index is 0.0438. The number of ether oxygens (including phenoxy) is 1. The van der Waals surface area contributed by atoms with Crippen LogP contribution in [-0.2, 0) is 16.1 Å². The van der Waals surface area contributed by atoms with E-state index in [1.54, 1.807) is 0 Å². The molecule has 1 aromatic rings. The summed E-state index contributed by atoms with van der Waals surface area (Å²) in [6, 6.07) is 0. The molecule has 0 aliphatic carbocycles. The van der Waals surface area contributed by atoms with Crippen LogP contribution in [-0.4, -0.2) is 59.3 Å². The van der Waals surface area contributed by atoms with Crippen molar-refractivity contribution >= 4 is 5.91 Å². The van der Waals surface area contributed by atoms with E-state index < -0.39 is 0 Å². The van der Waals surface area contributed by atoms with Crippen LogP contribution in [0.25, 0.3) is 0 Å². The van der Waals surface area contributed by atoms with Crippen LogP contribution >= 0.6 is 0 Å². The lowest BCUT2D eigenvalue weighted by Crippen LogP contribution is -2.45. The van der Waals surface area contributed by atoms with E-state index in [1.807, 2.05) is 18.7 Å². The summed E-state index contributed by atoms with van der Waals surface area (Å²) in [5.74, 6) is 1.26. The van der Waals surface area contributed by atoms with Crippen molar-refractivity contribution in [2.75, 3.05) is 26.2 Å². The molecule has 0 spiro atoms.